The maximum absolute atomic E-state index is 5.44. The lowest BCUT2D eigenvalue weighted by Gasteiger charge is -2.25. The summed E-state index contributed by atoms with van der Waals surface area (Å²) in [5, 5.41) is 3.40. The fourth-order valence-corrected chi connectivity index (χ4v) is 2.28. The van der Waals surface area contributed by atoms with E-state index in [1.54, 1.807) is 14.2 Å². The fraction of sp³-hybridized carbons (Fsp3) is 0.647. The zero-order valence-electron chi connectivity index (χ0n) is 13.6. The van der Waals surface area contributed by atoms with Crippen molar-refractivity contribution in [2.45, 2.75) is 40.0 Å². The molecule has 0 unspecified atom stereocenters. The smallest absolute Gasteiger partial charge is 0.122 e. The second-order valence-electron chi connectivity index (χ2n) is 5.95. The van der Waals surface area contributed by atoms with Crippen LogP contribution in [0.4, 0.5) is 0 Å². The zero-order valence-corrected chi connectivity index (χ0v) is 13.6. The molecule has 0 atom stereocenters. The molecule has 3 heteroatoms. The number of rotatable bonds is 9. The van der Waals surface area contributed by atoms with Gasteiger partial charge in [-0.15, -0.1) is 0 Å². The Labute approximate surface area is 123 Å². The van der Waals surface area contributed by atoms with Gasteiger partial charge in [-0.05, 0) is 61.5 Å². The summed E-state index contributed by atoms with van der Waals surface area (Å²) in [6, 6.07) is 6.01. The number of methoxy groups -OCH3 is 2. The van der Waals surface area contributed by atoms with Crippen molar-refractivity contribution in [2.75, 3.05) is 27.3 Å². The summed E-state index contributed by atoms with van der Waals surface area (Å²) < 4.78 is 10.7. The third kappa shape index (κ3) is 5.41. The first-order valence-electron chi connectivity index (χ1n) is 7.44. The van der Waals surface area contributed by atoms with Crippen molar-refractivity contribution < 1.29 is 9.47 Å². The molecular weight excluding hydrogens is 250 g/mol. The summed E-state index contributed by atoms with van der Waals surface area (Å²) >= 11 is 0. The molecule has 1 rings (SSSR count). The van der Waals surface area contributed by atoms with Gasteiger partial charge in [0.2, 0.25) is 0 Å². The van der Waals surface area contributed by atoms with Gasteiger partial charge in [-0.3, -0.25) is 0 Å². The Morgan fingerprint density at radius 2 is 1.85 bits per heavy atom. The molecule has 0 radical (unpaired) electrons. The maximum Gasteiger partial charge on any atom is 0.122 e. The monoisotopic (exact) mass is 279 g/mol. The first kappa shape index (κ1) is 16.8. The predicted octanol–water partition coefficient (Wildman–Crippen LogP) is 3.66. The lowest BCUT2D eigenvalue weighted by Crippen LogP contribution is -2.22. The number of benzene rings is 1. The standard InChI is InChI=1S/C17H29NO2/c1-6-18-12-11-17(2,3)10-9-14-13-15(19-4)7-8-16(14)20-5/h7-8,13,18H,6,9-12H2,1-5H3. The molecule has 0 spiro atoms. The molecule has 0 heterocycles. The third-order valence-electron chi connectivity index (χ3n) is 3.79. The maximum atomic E-state index is 5.44. The average Bonchev–Trinajstić information content (AvgIpc) is 2.45. The first-order chi connectivity index (χ1) is 9.52. The fourth-order valence-electron chi connectivity index (χ4n) is 2.28. The molecule has 3 nitrogen and oxygen atoms in total. The second-order valence-corrected chi connectivity index (χ2v) is 5.95. The molecule has 0 bridgehead atoms. The Bertz CT molecular complexity index is 402. The Balaban J connectivity index is 2.63. The van der Waals surface area contributed by atoms with Crippen molar-refractivity contribution in [2.24, 2.45) is 5.41 Å². The third-order valence-corrected chi connectivity index (χ3v) is 3.79. The summed E-state index contributed by atoms with van der Waals surface area (Å²) in [6.07, 6.45) is 3.34. The van der Waals surface area contributed by atoms with Crippen LogP contribution in [0.2, 0.25) is 0 Å². The van der Waals surface area contributed by atoms with Gasteiger partial charge in [-0.25, -0.2) is 0 Å². The highest BCUT2D eigenvalue weighted by molar-refractivity contribution is 5.40. The average molecular weight is 279 g/mol. The molecule has 1 aromatic carbocycles. The van der Waals surface area contributed by atoms with E-state index in [4.69, 9.17) is 9.47 Å². The second kappa shape index (κ2) is 8.15. The van der Waals surface area contributed by atoms with E-state index in [1.165, 1.54) is 12.0 Å². The molecular formula is C17H29NO2. The van der Waals surface area contributed by atoms with Crippen LogP contribution < -0.4 is 14.8 Å². The van der Waals surface area contributed by atoms with Gasteiger partial charge in [0, 0.05) is 0 Å². The minimum absolute atomic E-state index is 0.330. The van der Waals surface area contributed by atoms with Crippen molar-refractivity contribution in [3.8, 4) is 11.5 Å². The number of hydrogen-bond donors (Lipinski definition) is 1. The Morgan fingerprint density at radius 1 is 1.10 bits per heavy atom. The van der Waals surface area contributed by atoms with Crippen LogP contribution in [0, 0.1) is 5.41 Å². The highest BCUT2D eigenvalue weighted by atomic mass is 16.5. The van der Waals surface area contributed by atoms with Crippen LogP contribution in [0.5, 0.6) is 11.5 Å². The molecule has 0 aliphatic heterocycles. The zero-order chi connectivity index (χ0) is 15.0. The van der Waals surface area contributed by atoms with E-state index in [1.807, 2.05) is 12.1 Å². The summed E-state index contributed by atoms with van der Waals surface area (Å²) in [4.78, 5) is 0. The van der Waals surface area contributed by atoms with Gasteiger partial charge in [0.1, 0.15) is 11.5 Å². The van der Waals surface area contributed by atoms with Gasteiger partial charge in [0.15, 0.2) is 0 Å². The molecule has 0 saturated carbocycles. The van der Waals surface area contributed by atoms with E-state index in [0.29, 0.717) is 5.41 Å². The van der Waals surface area contributed by atoms with E-state index >= 15 is 0 Å². The molecule has 0 amide bonds. The molecule has 1 N–H and O–H groups in total. The normalized spacial score (nSPS) is 11.4. The van der Waals surface area contributed by atoms with Gasteiger partial charge >= 0.3 is 0 Å². The molecule has 0 fully saturated rings. The summed E-state index contributed by atoms with van der Waals surface area (Å²) in [5.74, 6) is 1.85. The molecule has 0 aliphatic rings. The van der Waals surface area contributed by atoms with Crippen LogP contribution in [0.15, 0.2) is 18.2 Å². The molecule has 0 aliphatic carbocycles. The minimum Gasteiger partial charge on any atom is -0.497 e. The Morgan fingerprint density at radius 3 is 2.45 bits per heavy atom. The number of ether oxygens (including phenoxy) is 2. The molecule has 1 aromatic rings. The van der Waals surface area contributed by atoms with Crippen molar-refractivity contribution >= 4 is 0 Å². The summed E-state index contributed by atoms with van der Waals surface area (Å²) in [7, 11) is 3.42. The van der Waals surface area contributed by atoms with Crippen molar-refractivity contribution in [3.05, 3.63) is 23.8 Å². The van der Waals surface area contributed by atoms with Crippen molar-refractivity contribution in [1.82, 2.24) is 5.32 Å². The van der Waals surface area contributed by atoms with Gasteiger partial charge in [-0.2, -0.15) is 0 Å². The lowest BCUT2D eigenvalue weighted by atomic mass is 9.83. The molecule has 20 heavy (non-hydrogen) atoms. The van der Waals surface area contributed by atoms with Gasteiger partial charge < -0.3 is 14.8 Å². The number of aryl methyl sites for hydroxylation is 1. The van der Waals surface area contributed by atoms with Gasteiger partial charge in [0.25, 0.3) is 0 Å². The van der Waals surface area contributed by atoms with E-state index in [9.17, 15) is 0 Å². The highest BCUT2D eigenvalue weighted by Gasteiger charge is 2.18. The van der Waals surface area contributed by atoms with Crippen molar-refractivity contribution in [1.29, 1.82) is 0 Å². The first-order valence-corrected chi connectivity index (χ1v) is 7.44. The summed E-state index contributed by atoms with van der Waals surface area (Å²) in [6.45, 7) is 8.93. The Kier molecular flexibility index (Phi) is 6.86. The van der Waals surface area contributed by atoms with E-state index in [0.717, 1.165) is 37.4 Å². The van der Waals surface area contributed by atoms with E-state index in [-0.39, 0.29) is 0 Å². The largest absolute Gasteiger partial charge is 0.497 e. The molecule has 0 aromatic heterocycles. The quantitative estimate of drug-likeness (QED) is 0.700. The highest BCUT2D eigenvalue weighted by Crippen LogP contribution is 2.31. The van der Waals surface area contributed by atoms with E-state index < -0.39 is 0 Å². The molecule has 0 saturated heterocycles. The number of hydrogen-bond acceptors (Lipinski definition) is 3. The van der Waals surface area contributed by atoms with Crippen LogP contribution in [-0.4, -0.2) is 27.3 Å². The predicted molar refractivity (Wildman–Crippen MR) is 84.8 cm³/mol. The summed E-state index contributed by atoms with van der Waals surface area (Å²) in [5.41, 5.74) is 1.55. The van der Waals surface area contributed by atoms with Crippen LogP contribution in [0.25, 0.3) is 0 Å². The van der Waals surface area contributed by atoms with Gasteiger partial charge in [0.05, 0.1) is 14.2 Å². The van der Waals surface area contributed by atoms with Crippen LogP contribution in [-0.2, 0) is 6.42 Å². The van der Waals surface area contributed by atoms with Crippen LogP contribution >= 0.6 is 0 Å². The lowest BCUT2D eigenvalue weighted by molar-refractivity contribution is 0.301. The van der Waals surface area contributed by atoms with E-state index in [2.05, 4.69) is 32.2 Å². The van der Waals surface area contributed by atoms with Gasteiger partial charge in [-0.1, -0.05) is 20.8 Å². The van der Waals surface area contributed by atoms with Crippen LogP contribution in [0.3, 0.4) is 0 Å². The minimum atomic E-state index is 0.330. The van der Waals surface area contributed by atoms with Crippen LogP contribution in [0.1, 0.15) is 39.2 Å². The topological polar surface area (TPSA) is 30.5 Å². The molecule has 114 valence electrons. The van der Waals surface area contributed by atoms with Crippen molar-refractivity contribution in [3.63, 3.8) is 0 Å². The number of nitrogens with one attached hydrogen (secondary N) is 1. The Hall–Kier alpha value is -1.22. The SMILES string of the molecule is CCNCCC(C)(C)CCc1cc(OC)ccc1OC.